The lowest BCUT2D eigenvalue weighted by atomic mass is 10.2. The Morgan fingerprint density at radius 1 is 1.25 bits per heavy atom. The van der Waals surface area contributed by atoms with Gasteiger partial charge in [0.05, 0.1) is 14.2 Å². The van der Waals surface area contributed by atoms with E-state index in [9.17, 15) is 0 Å². The maximum Gasteiger partial charge on any atom is 0.0860 e. The molecule has 0 aromatic heterocycles. The van der Waals surface area contributed by atoms with E-state index in [4.69, 9.17) is 4.74 Å². The summed E-state index contributed by atoms with van der Waals surface area (Å²) in [6, 6.07) is 11.0. The van der Waals surface area contributed by atoms with Crippen molar-refractivity contribution in [2.45, 2.75) is 38.1 Å². The van der Waals surface area contributed by atoms with Gasteiger partial charge in [-0.3, -0.25) is 0 Å². The van der Waals surface area contributed by atoms with Gasteiger partial charge < -0.3 is 4.74 Å². The summed E-state index contributed by atoms with van der Waals surface area (Å²) in [6.45, 7) is 7.98. The lowest BCUT2D eigenvalue weighted by Crippen LogP contribution is -2.46. The van der Waals surface area contributed by atoms with E-state index in [1.807, 2.05) is 0 Å². The van der Waals surface area contributed by atoms with Crippen LogP contribution in [0.2, 0.25) is 18.6 Å². The van der Waals surface area contributed by atoms with Crippen molar-refractivity contribution in [3.05, 3.63) is 36.8 Å². The molecule has 1 saturated heterocycles. The van der Waals surface area contributed by atoms with E-state index >= 15 is 0 Å². The first-order chi connectivity index (χ1) is 7.64. The van der Waals surface area contributed by atoms with Gasteiger partial charge in [0.15, 0.2) is 0 Å². The monoisotopic (exact) mass is 233 g/mol. The highest BCUT2D eigenvalue weighted by Gasteiger charge is 2.38. The van der Waals surface area contributed by atoms with Crippen LogP contribution in [0.4, 0.5) is 0 Å². The molecule has 0 bridgehead atoms. The van der Waals surface area contributed by atoms with Crippen LogP contribution in [0.25, 0.3) is 0 Å². The minimum Gasteiger partial charge on any atom is -0.378 e. The van der Waals surface area contributed by atoms with Crippen LogP contribution in [0.1, 0.15) is 13.3 Å². The Hall–Kier alpha value is -0.603. The second-order valence-electron chi connectivity index (χ2n) is 5.23. The largest absolute Gasteiger partial charge is 0.378 e. The third-order valence-electron chi connectivity index (χ3n) is 3.94. The zero-order valence-corrected chi connectivity index (χ0v) is 11.4. The van der Waals surface area contributed by atoms with Gasteiger partial charge in [-0.1, -0.05) is 55.5 Å². The fourth-order valence-electron chi connectivity index (χ4n) is 2.49. The van der Waals surface area contributed by atoms with Gasteiger partial charge in [-0.05, 0) is 18.4 Å². The summed E-state index contributed by atoms with van der Waals surface area (Å²) < 4.78 is 5.80. The summed E-state index contributed by atoms with van der Waals surface area (Å²) in [6.07, 6.45) is 3.79. The molecule has 1 heterocycles. The molecule has 1 radical (unpaired) electrons. The molecule has 0 amide bonds. The summed E-state index contributed by atoms with van der Waals surface area (Å²) in [4.78, 5) is 0. The van der Waals surface area contributed by atoms with Crippen LogP contribution in [0.5, 0.6) is 0 Å². The molecule has 1 nitrogen and oxygen atoms in total. The molecule has 1 aromatic rings. The van der Waals surface area contributed by atoms with Gasteiger partial charge >= 0.3 is 0 Å². The zero-order valence-electron chi connectivity index (χ0n) is 10.4. The van der Waals surface area contributed by atoms with Crippen molar-refractivity contribution in [1.82, 2.24) is 0 Å². The van der Waals surface area contributed by atoms with Gasteiger partial charge in [0.1, 0.15) is 0 Å². The number of ether oxygens (including phenoxy) is 1. The van der Waals surface area contributed by atoms with Crippen molar-refractivity contribution in [1.29, 1.82) is 0 Å². The van der Waals surface area contributed by atoms with Crippen molar-refractivity contribution in [2.75, 3.05) is 6.61 Å². The molecule has 1 aliphatic rings. The van der Waals surface area contributed by atoms with E-state index < -0.39 is 8.07 Å². The van der Waals surface area contributed by atoms with E-state index in [2.05, 4.69) is 56.8 Å². The maximum atomic E-state index is 5.80. The summed E-state index contributed by atoms with van der Waals surface area (Å²) in [7, 11) is -1.35. The first-order valence-corrected chi connectivity index (χ1v) is 9.19. The maximum absolute atomic E-state index is 5.80. The van der Waals surface area contributed by atoms with Crippen LogP contribution >= 0.6 is 0 Å². The average molecular weight is 233 g/mol. The Balaban J connectivity index is 2.14. The highest BCUT2D eigenvalue weighted by Crippen LogP contribution is 2.34. The van der Waals surface area contributed by atoms with Crippen LogP contribution < -0.4 is 5.19 Å². The van der Waals surface area contributed by atoms with E-state index in [0.717, 1.165) is 12.1 Å². The molecule has 0 N–H and O–H groups in total. The molecular weight excluding hydrogens is 212 g/mol. The van der Waals surface area contributed by atoms with Crippen molar-refractivity contribution in [3.63, 3.8) is 0 Å². The van der Waals surface area contributed by atoms with Crippen molar-refractivity contribution in [2.24, 2.45) is 0 Å². The first-order valence-electron chi connectivity index (χ1n) is 6.11. The van der Waals surface area contributed by atoms with Crippen LogP contribution in [0.3, 0.4) is 0 Å². The number of benzene rings is 1. The Kier molecular flexibility index (Phi) is 3.50. The summed E-state index contributed by atoms with van der Waals surface area (Å²) in [5.74, 6) is 0. The molecule has 0 saturated carbocycles. The second kappa shape index (κ2) is 4.72. The minimum atomic E-state index is -1.35. The normalized spacial score (nSPS) is 25.9. The van der Waals surface area contributed by atoms with Gasteiger partial charge in [0.25, 0.3) is 0 Å². The molecule has 0 spiro atoms. The van der Waals surface area contributed by atoms with Crippen molar-refractivity contribution >= 4 is 13.3 Å². The van der Waals surface area contributed by atoms with Crippen LogP contribution in [0, 0.1) is 6.42 Å². The topological polar surface area (TPSA) is 9.23 Å². The van der Waals surface area contributed by atoms with E-state index in [1.54, 1.807) is 5.19 Å². The predicted octanol–water partition coefficient (Wildman–Crippen LogP) is 2.99. The zero-order chi connectivity index (χ0) is 11.6. The third kappa shape index (κ3) is 2.23. The molecule has 2 rings (SSSR count). The van der Waals surface area contributed by atoms with Crippen molar-refractivity contribution in [3.8, 4) is 0 Å². The van der Waals surface area contributed by atoms with Gasteiger partial charge in [-0.25, -0.2) is 0 Å². The summed E-state index contributed by atoms with van der Waals surface area (Å²) >= 11 is 0. The van der Waals surface area contributed by atoms with E-state index in [-0.39, 0.29) is 0 Å². The molecule has 1 aliphatic heterocycles. The number of rotatable bonds is 3. The number of hydrogen-bond donors (Lipinski definition) is 0. The average Bonchev–Trinajstić information content (AvgIpc) is 2.79. The van der Waals surface area contributed by atoms with Crippen LogP contribution in [0.15, 0.2) is 30.3 Å². The smallest absolute Gasteiger partial charge is 0.0860 e. The molecule has 0 aliphatic carbocycles. The molecule has 0 unspecified atom stereocenters. The summed E-state index contributed by atoms with van der Waals surface area (Å²) in [5, 5.41) is 1.56. The fraction of sp³-hybridized carbons (Fsp3) is 0.500. The molecule has 16 heavy (non-hydrogen) atoms. The molecular formula is C14H21OSi. The molecule has 1 fully saturated rings. The Labute approximate surface area is 99.8 Å². The second-order valence-corrected chi connectivity index (χ2v) is 10.1. The molecule has 87 valence electrons. The van der Waals surface area contributed by atoms with Gasteiger partial charge in [-0.15, -0.1) is 0 Å². The van der Waals surface area contributed by atoms with Gasteiger partial charge in [0, 0.05) is 6.61 Å². The Morgan fingerprint density at radius 3 is 2.50 bits per heavy atom. The number of hydrogen-bond acceptors (Lipinski definition) is 1. The standard InChI is InChI=1S/C14H21OSi/c1-4-12-10-14(11-15-12)16(2,3)13-8-6-5-7-9-13/h4-9,12,14H,10-11H2,1-3H3/t12-,14+/m1/s1. The summed E-state index contributed by atoms with van der Waals surface area (Å²) in [5.41, 5.74) is 0.760. The highest BCUT2D eigenvalue weighted by molar-refractivity contribution is 6.91. The lowest BCUT2D eigenvalue weighted by Gasteiger charge is -2.29. The molecule has 2 atom stereocenters. The molecule has 1 aromatic carbocycles. The SMILES string of the molecule is C[CH][C@@H]1C[C@H]([Si](C)(C)c2ccccc2)CO1. The fourth-order valence-corrected chi connectivity index (χ4v) is 5.35. The van der Waals surface area contributed by atoms with Crippen LogP contribution in [-0.4, -0.2) is 20.8 Å². The van der Waals surface area contributed by atoms with Crippen LogP contribution in [-0.2, 0) is 4.74 Å². The first kappa shape index (κ1) is 11.9. The molecule has 2 heteroatoms. The Morgan fingerprint density at radius 2 is 1.94 bits per heavy atom. The van der Waals surface area contributed by atoms with E-state index in [1.165, 1.54) is 6.42 Å². The quantitative estimate of drug-likeness (QED) is 0.729. The third-order valence-corrected chi connectivity index (χ3v) is 8.20. The minimum absolute atomic E-state index is 0.389. The van der Waals surface area contributed by atoms with E-state index in [0.29, 0.717) is 6.10 Å². The van der Waals surface area contributed by atoms with Gasteiger partial charge in [-0.2, -0.15) is 0 Å². The van der Waals surface area contributed by atoms with Crippen molar-refractivity contribution < 1.29 is 4.74 Å². The highest BCUT2D eigenvalue weighted by atomic mass is 28.3. The predicted molar refractivity (Wildman–Crippen MR) is 71.6 cm³/mol. The lowest BCUT2D eigenvalue weighted by molar-refractivity contribution is 0.134. The Bertz CT molecular complexity index is 334. The van der Waals surface area contributed by atoms with Gasteiger partial charge in [0.2, 0.25) is 0 Å².